The van der Waals surface area contributed by atoms with Crippen LogP contribution < -0.4 is 5.32 Å². The summed E-state index contributed by atoms with van der Waals surface area (Å²) in [5, 5.41) is 20.4. The molecular formula is C13H19NO3. The minimum absolute atomic E-state index is 0.220. The van der Waals surface area contributed by atoms with Gasteiger partial charge < -0.3 is 15.5 Å². The summed E-state index contributed by atoms with van der Waals surface area (Å²) in [5.41, 5.74) is 0.617. The molecule has 1 aromatic rings. The van der Waals surface area contributed by atoms with Crippen molar-refractivity contribution in [2.45, 2.75) is 38.6 Å². The SMILES string of the molecule is CC(CC(C)(C)NC(=O)O)c1ccc(O)cc1. The van der Waals surface area contributed by atoms with Gasteiger partial charge in [0.05, 0.1) is 0 Å². The van der Waals surface area contributed by atoms with Crippen LogP contribution in [0.2, 0.25) is 0 Å². The lowest BCUT2D eigenvalue weighted by atomic mass is 9.87. The molecule has 1 rings (SSSR count). The lowest BCUT2D eigenvalue weighted by molar-refractivity contribution is 0.179. The van der Waals surface area contributed by atoms with Gasteiger partial charge in [0.2, 0.25) is 0 Å². The van der Waals surface area contributed by atoms with Crippen LogP contribution in [-0.2, 0) is 0 Å². The van der Waals surface area contributed by atoms with Crippen LogP contribution in [0.25, 0.3) is 0 Å². The number of carboxylic acid groups (broad SMARTS) is 1. The molecular weight excluding hydrogens is 218 g/mol. The van der Waals surface area contributed by atoms with Crippen molar-refractivity contribution in [3.8, 4) is 5.75 Å². The number of aromatic hydroxyl groups is 1. The Morgan fingerprint density at radius 1 is 1.35 bits per heavy atom. The van der Waals surface area contributed by atoms with Crippen LogP contribution in [0.15, 0.2) is 24.3 Å². The Labute approximate surface area is 101 Å². The van der Waals surface area contributed by atoms with Crippen molar-refractivity contribution in [1.82, 2.24) is 5.32 Å². The van der Waals surface area contributed by atoms with Gasteiger partial charge in [-0.1, -0.05) is 19.1 Å². The molecule has 0 heterocycles. The minimum atomic E-state index is -1.01. The Kier molecular flexibility index (Phi) is 3.99. The summed E-state index contributed by atoms with van der Waals surface area (Å²) in [7, 11) is 0. The van der Waals surface area contributed by atoms with Gasteiger partial charge in [0.15, 0.2) is 0 Å². The Morgan fingerprint density at radius 2 is 1.88 bits per heavy atom. The van der Waals surface area contributed by atoms with Crippen molar-refractivity contribution < 1.29 is 15.0 Å². The maximum atomic E-state index is 10.6. The summed E-state index contributed by atoms with van der Waals surface area (Å²) in [5.74, 6) is 0.460. The molecule has 1 amide bonds. The van der Waals surface area contributed by atoms with Gasteiger partial charge in [-0.3, -0.25) is 0 Å². The molecule has 0 bridgehead atoms. The highest BCUT2D eigenvalue weighted by Gasteiger charge is 2.23. The maximum Gasteiger partial charge on any atom is 0.405 e. The van der Waals surface area contributed by atoms with Gasteiger partial charge in [0.25, 0.3) is 0 Å². The summed E-state index contributed by atoms with van der Waals surface area (Å²) in [4.78, 5) is 10.6. The van der Waals surface area contributed by atoms with E-state index >= 15 is 0 Å². The van der Waals surface area contributed by atoms with E-state index in [1.165, 1.54) is 0 Å². The third kappa shape index (κ3) is 4.34. The molecule has 4 heteroatoms. The molecule has 0 aliphatic heterocycles. The van der Waals surface area contributed by atoms with E-state index in [0.29, 0.717) is 6.42 Å². The first kappa shape index (κ1) is 13.4. The third-order valence-electron chi connectivity index (χ3n) is 2.72. The lowest BCUT2D eigenvalue weighted by Crippen LogP contribution is -2.43. The number of hydrogen-bond acceptors (Lipinski definition) is 2. The largest absolute Gasteiger partial charge is 0.508 e. The van der Waals surface area contributed by atoms with E-state index in [4.69, 9.17) is 5.11 Å². The zero-order chi connectivity index (χ0) is 13.1. The molecule has 17 heavy (non-hydrogen) atoms. The molecule has 1 aromatic carbocycles. The van der Waals surface area contributed by atoms with Crippen LogP contribution in [0.1, 0.15) is 38.7 Å². The first-order valence-electron chi connectivity index (χ1n) is 5.60. The number of rotatable bonds is 4. The van der Waals surface area contributed by atoms with Crippen LogP contribution >= 0.6 is 0 Å². The third-order valence-corrected chi connectivity index (χ3v) is 2.72. The van der Waals surface area contributed by atoms with Crippen LogP contribution in [0.5, 0.6) is 5.75 Å². The monoisotopic (exact) mass is 237 g/mol. The predicted octanol–water partition coefficient (Wildman–Crippen LogP) is 2.93. The number of benzene rings is 1. The number of hydrogen-bond donors (Lipinski definition) is 3. The first-order chi connectivity index (χ1) is 7.80. The second kappa shape index (κ2) is 5.08. The molecule has 4 nitrogen and oxygen atoms in total. The Balaban J connectivity index is 2.68. The van der Waals surface area contributed by atoms with Gasteiger partial charge in [0.1, 0.15) is 5.75 Å². The van der Waals surface area contributed by atoms with E-state index in [-0.39, 0.29) is 11.7 Å². The van der Waals surface area contributed by atoms with E-state index in [2.05, 4.69) is 5.32 Å². The normalized spacial score (nSPS) is 13.1. The Bertz CT molecular complexity index is 384. The van der Waals surface area contributed by atoms with Crippen molar-refractivity contribution in [2.24, 2.45) is 0 Å². The molecule has 1 unspecified atom stereocenters. The molecule has 0 saturated heterocycles. The summed E-state index contributed by atoms with van der Waals surface area (Å²) >= 11 is 0. The highest BCUT2D eigenvalue weighted by molar-refractivity contribution is 5.65. The van der Waals surface area contributed by atoms with E-state index in [0.717, 1.165) is 5.56 Å². The fourth-order valence-electron chi connectivity index (χ4n) is 2.03. The van der Waals surface area contributed by atoms with Crippen LogP contribution in [0.3, 0.4) is 0 Å². The van der Waals surface area contributed by atoms with E-state index in [1.807, 2.05) is 32.9 Å². The minimum Gasteiger partial charge on any atom is -0.508 e. The number of nitrogens with one attached hydrogen (secondary N) is 1. The predicted molar refractivity (Wildman–Crippen MR) is 66.4 cm³/mol. The number of carbonyl (C=O) groups is 1. The van der Waals surface area contributed by atoms with Gasteiger partial charge in [-0.2, -0.15) is 0 Å². The summed E-state index contributed by atoms with van der Waals surface area (Å²) in [6, 6.07) is 7.00. The van der Waals surface area contributed by atoms with Crippen molar-refractivity contribution >= 4 is 6.09 Å². The summed E-state index contributed by atoms with van der Waals surface area (Å²) in [6.07, 6.45) is -0.308. The molecule has 94 valence electrons. The first-order valence-corrected chi connectivity index (χ1v) is 5.60. The van der Waals surface area contributed by atoms with Gasteiger partial charge >= 0.3 is 6.09 Å². The van der Waals surface area contributed by atoms with E-state index in [9.17, 15) is 9.90 Å². The van der Waals surface area contributed by atoms with Gasteiger partial charge in [-0.25, -0.2) is 4.79 Å². The number of phenols is 1. The van der Waals surface area contributed by atoms with Crippen LogP contribution in [-0.4, -0.2) is 21.8 Å². The Morgan fingerprint density at radius 3 is 2.35 bits per heavy atom. The molecule has 0 aliphatic rings. The zero-order valence-corrected chi connectivity index (χ0v) is 10.4. The standard InChI is InChI=1S/C13H19NO3/c1-9(8-13(2,3)14-12(16)17)10-4-6-11(15)7-5-10/h4-7,9,14-15H,8H2,1-3H3,(H,16,17). The fourth-order valence-corrected chi connectivity index (χ4v) is 2.03. The van der Waals surface area contributed by atoms with Gasteiger partial charge in [-0.15, -0.1) is 0 Å². The lowest BCUT2D eigenvalue weighted by Gasteiger charge is -2.28. The molecule has 0 spiro atoms. The second-order valence-electron chi connectivity index (χ2n) is 5.01. The molecule has 3 N–H and O–H groups in total. The fraction of sp³-hybridized carbons (Fsp3) is 0.462. The number of phenolic OH excluding ortho intramolecular Hbond substituents is 1. The average molecular weight is 237 g/mol. The highest BCUT2D eigenvalue weighted by Crippen LogP contribution is 2.26. The maximum absolute atomic E-state index is 10.6. The molecule has 0 fully saturated rings. The number of amides is 1. The smallest absolute Gasteiger partial charge is 0.405 e. The molecule has 0 radical (unpaired) electrons. The van der Waals surface area contributed by atoms with Gasteiger partial charge in [0, 0.05) is 5.54 Å². The summed E-state index contributed by atoms with van der Waals surface area (Å²) < 4.78 is 0. The van der Waals surface area contributed by atoms with Crippen LogP contribution in [0.4, 0.5) is 4.79 Å². The van der Waals surface area contributed by atoms with Crippen molar-refractivity contribution in [3.63, 3.8) is 0 Å². The van der Waals surface area contributed by atoms with Gasteiger partial charge in [-0.05, 0) is 43.9 Å². The van der Waals surface area contributed by atoms with Crippen LogP contribution in [0, 0.1) is 0 Å². The highest BCUT2D eigenvalue weighted by atomic mass is 16.4. The quantitative estimate of drug-likeness (QED) is 0.754. The van der Waals surface area contributed by atoms with Crippen molar-refractivity contribution in [2.75, 3.05) is 0 Å². The van der Waals surface area contributed by atoms with Crippen molar-refractivity contribution in [3.05, 3.63) is 29.8 Å². The summed E-state index contributed by atoms with van der Waals surface area (Å²) in [6.45, 7) is 5.76. The molecule has 0 aliphatic carbocycles. The van der Waals surface area contributed by atoms with Crippen molar-refractivity contribution in [1.29, 1.82) is 0 Å². The molecule has 0 aromatic heterocycles. The van der Waals surface area contributed by atoms with E-state index in [1.54, 1.807) is 12.1 Å². The van der Waals surface area contributed by atoms with E-state index < -0.39 is 11.6 Å². The zero-order valence-electron chi connectivity index (χ0n) is 10.4. The topological polar surface area (TPSA) is 69.6 Å². The molecule has 0 saturated carbocycles. The second-order valence-corrected chi connectivity index (χ2v) is 5.01. The molecule has 1 atom stereocenters. The Hall–Kier alpha value is -1.71. The average Bonchev–Trinajstić information content (AvgIpc) is 2.15.